The summed E-state index contributed by atoms with van der Waals surface area (Å²) in [6.45, 7) is 0. The van der Waals surface area contributed by atoms with Crippen molar-refractivity contribution in [3.05, 3.63) is 28.6 Å². The minimum Gasteiger partial charge on any atom is -0.469 e. The van der Waals surface area contributed by atoms with Gasteiger partial charge in [0.1, 0.15) is 6.07 Å². The van der Waals surface area contributed by atoms with E-state index in [0.717, 1.165) is 6.20 Å². The molecule has 96 valence electrons. The molecular weight excluding hydrogens is 266 g/mol. The number of hydrogen-bond acceptors (Lipinski definition) is 4. The Hall–Kier alpha value is -1.74. The van der Waals surface area contributed by atoms with Gasteiger partial charge in [0.25, 0.3) is 6.43 Å². The van der Waals surface area contributed by atoms with E-state index in [4.69, 9.17) is 16.9 Å². The third-order valence-electron chi connectivity index (χ3n) is 2.32. The molecule has 0 unspecified atom stereocenters. The molecule has 0 aliphatic carbocycles. The minimum atomic E-state index is -2.85. The van der Waals surface area contributed by atoms with Crippen LogP contribution in [0.15, 0.2) is 6.20 Å². The molecule has 0 bridgehead atoms. The summed E-state index contributed by atoms with van der Waals surface area (Å²) in [5.41, 5.74) is -0.599. The molecule has 1 rings (SSSR count). The van der Waals surface area contributed by atoms with E-state index in [0.29, 0.717) is 0 Å². The van der Waals surface area contributed by atoms with Crippen LogP contribution in [0.4, 0.5) is 8.78 Å². The molecule has 4 nitrogen and oxygen atoms in total. The standard InChI is InChI=1S/C11H9ClF2N2O2/c1-18-9(17)2-8-7(3-12)10(11(13)14)6(4-15)5-16-8/h5,11H,2-3H2,1H3. The van der Waals surface area contributed by atoms with Gasteiger partial charge in [-0.2, -0.15) is 5.26 Å². The van der Waals surface area contributed by atoms with Crippen LogP contribution in [0.25, 0.3) is 0 Å². The van der Waals surface area contributed by atoms with Crippen LogP contribution >= 0.6 is 11.6 Å². The number of nitrogens with zero attached hydrogens (tertiary/aromatic N) is 2. The van der Waals surface area contributed by atoms with E-state index in [-0.39, 0.29) is 29.1 Å². The summed E-state index contributed by atoms with van der Waals surface area (Å²) < 4.78 is 30.3. The summed E-state index contributed by atoms with van der Waals surface area (Å²) in [6.07, 6.45) is -2.10. The van der Waals surface area contributed by atoms with Gasteiger partial charge in [0.15, 0.2) is 0 Å². The van der Waals surface area contributed by atoms with Crippen LogP contribution in [0.1, 0.15) is 28.8 Å². The highest BCUT2D eigenvalue weighted by molar-refractivity contribution is 6.17. The molecule has 1 aromatic rings. The second kappa shape index (κ2) is 6.26. The van der Waals surface area contributed by atoms with Crippen molar-refractivity contribution in [1.82, 2.24) is 4.98 Å². The Labute approximate surface area is 107 Å². The molecule has 0 saturated carbocycles. The van der Waals surface area contributed by atoms with Crippen LogP contribution < -0.4 is 0 Å². The first-order valence-electron chi connectivity index (χ1n) is 4.86. The normalized spacial score (nSPS) is 10.2. The Balaban J connectivity index is 3.34. The Morgan fingerprint density at radius 3 is 2.78 bits per heavy atom. The van der Waals surface area contributed by atoms with Gasteiger partial charge in [-0.1, -0.05) is 0 Å². The monoisotopic (exact) mass is 274 g/mol. The summed E-state index contributed by atoms with van der Waals surface area (Å²) in [6, 6.07) is 1.63. The Bertz CT molecular complexity index is 501. The predicted octanol–water partition coefficient (Wildman–Crippen LogP) is 2.35. The summed E-state index contributed by atoms with van der Waals surface area (Å²) in [5.74, 6) is -0.868. The fraction of sp³-hybridized carbons (Fsp3) is 0.364. The summed E-state index contributed by atoms with van der Waals surface area (Å²) in [7, 11) is 1.18. The predicted molar refractivity (Wildman–Crippen MR) is 59.2 cm³/mol. The van der Waals surface area contributed by atoms with Crippen molar-refractivity contribution >= 4 is 17.6 Å². The van der Waals surface area contributed by atoms with E-state index in [9.17, 15) is 13.6 Å². The van der Waals surface area contributed by atoms with Crippen molar-refractivity contribution in [3.63, 3.8) is 0 Å². The van der Waals surface area contributed by atoms with Crippen LogP contribution in [-0.4, -0.2) is 18.1 Å². The van der Waals surface area contributed by atoms with Crippen LogP contribution in [0.5, 0.6) is 0 Å². The number of methoxy groups -OCH3 is 1. The quantitative estimate of drug-likeness (QED) is 0.624. The number of rotatable bonds is 4. The lowest BCUT2D eigenvalue weighted by atomic mass is 10.0. The molecule has 0 aliphatic heterocycles. The third kappa shape index (κ3) is 2.93. The van der Waals surface area contributed by atoms with Crippen molar-refractivity contribution < 1.29 is 18.3 Å². The largest absolute Gasteiger partial charge is 0.469 e. The van der Waals surface area contributed by atoms with Crippen molar-refractivity contribution in [2.24, 2.45) is 0 Å². The van der Waals surface area contributed by atoms with Crippen molar-refractivity contribution in [2.45, 2.75) is 18.7 Å². The summed E-state index contributed by atoms with van der Waals surface area (Å²) in [4.78, 5) is 14.9. The maximum absolute atomic E-state index is 12.9. The Morgan fingerprint density at radius 1 is 1.67 bits per heavy atom. The van der Waals surface area contributed by atoms with E-state index in [1.807, 2.05) is 0 Å². The maximum Gasteiger partial charge on any atom is 0.311 e. The van der Waals surface area contributed by atoms with Gasteiger partial charge >= 0.3 is 5.97 Å². The van der Waals surface area contributed by atoms with E-state index in [2.05, 4.69) is 9.72 Å². The SMILES string of the molecule is COC(=O)Cc1ncc(C#N)c(C(F)F)c1CCl. The Kier molecular flexibility index (Phi) is 4.98. The van der Waals surface area contributed by atoms with E-state index < -0.39 is 18.0 Å². The molecule has 0 radical (unpaired) electrons. The molecule has 1 heterocycles. The average molecular weight is 275 g/mol. The zero-order chi connectivity index (χ0) is 13.7. The second-order valence-corrected chi connectivity index (χ2v) is 3.58. The van der Waals surface area contributed by atoms with Crippen molar-refractivity contribution in [2.75, 3.05) is 7.11 Å². The topological polar surface area (TPSA) is 63.0 Å². The minimum absolute atomic E-state index is 0.0103. The molecule has 0 N–H and O–H groups in total. The fourth-order valence-corrected chi connectivity index (χ4v) is 1.75. The first kappa shape index (κ1) is 14.3. The number of halogens is 3. The number of hydrogen-bond donors (Lipinski definition) is 0. The van der Waals surface area contributed by atoms with Crippen LogP contribution in [-0.2, 0) is 21.8 Å². The molecular formula is C11H9ClF2N2O2. The van der Waals surface area contributed by atoms with Gasteiger partial charge in [0.05, 0.1) is 24.8 Å². The lowest BCUT2D eigenvalue weighted by molar-refractivity contribution is -0.139. The number of pyridine rings is 1. The van der Waals surface area contributed by atoms with Gasteiger partial charge in [-0.05, 0) is 5.56 Å². The van der Waals surface area contributed by atoms with Crippen LogP contribution in [0.3, 0.4) is 0 Å². The van der Waals surface area contributed by atoms with Gasteiger partial charge in [0, 0.05) is 17.6 Å². The third-order valence-corrected chi connectivity index (χ3v) is 2.59. The number of carbonyl (C=O) groups is 1. The summed E-state index contributed by atoms with van der Waals surface area (Å²) in [5, 5.41) is 8.75. The lowest BCUT2D eigenvalue weighted by Gasteiger charge is -2.12. The van der Waals surface area contributed by atoms with E-state index >= 15 is 0 Å². The van der Waals surface area contributed by atoms with Crippen LogP contribution in [0.2, 0.25) is 0 Å². The fourth-order valence-electron chi connectivity index (χ4n) is 1.46. The van der Waals surface area contributed by atoms with Crippen LogP contribution in [0, 0.1) is 11.3 Å². The first-order valence-corrected chi connectivity index (χ1v) is 5.40. The number of carbonyl (C=O) groups excluding carboxylic acids is 1. The molecule has 0 aromatic carbocycles. The molecule has 0 aliphatic rings. The maximum atomic E-state index is 12.9. The smallest absolute Gasteiger partial charge is 0.311 e. The number of ether oxygens (including phenoxy) is 1. The zero-order valence-corrected chi connectivity index (χ0v) is 10.2. The molecule has 0 atom stereocenters. The molecule has 1 aromatic heterocycles. The van der Waals surface area contributed by atoms with Gasteiger partial charge < -0.3 is 4.74 Å². The summed E-state index contributed by atoms with van der Waals surface area (Å²) >= 11 is 5.60. The van der Waals surface area contributed by atoms with E-state index in [1.165, 1.54) is 7.11 Å². The van der Waals surface area contributed by atoms with Gasteiger partial charge in [0.2, 0.25) is 0 Å². The molecule has 18 heavy (non-hydrogen) atoms. The van der Waals surface area contributed by atoms with Crippen molar-refractivity contribution in [3.8, 4) is 6.07 Å². The molecule has 7 heteroatoms. The lowest BCUT2D eigenvalue weighted by Crippen LogP contribution is -2.11. The molecule has 0 fully saturated rings. The van der Waals surface area contributed by atoms with Gasteiger partial charge in [-0.25, -0.2) is 8.78 Å². The number of esters is 1. The zero-order valence-electron chi connectivity index (χ0n) is 9.41. The second-order valence-electron chi connectivity index (χ2n) is 3.31. The number of nitriles is 1. The number of aromatic nitrogens is 1. The average Bonchev–Trinajstić information content (AvgIpc) is 2.37. The highest BCUT2D eigenvalue weighted by Crippen LogP contribution is 2.29. The van der Waals surface area contributed by atoms with E-state index in [1.54, 1.807) is 6.07 Å². The van der Waals surface area contributed by atoms with Gasteiger partial charge in [-0.15, -0.1) is 11.6 Å². The number of alkyl halides is 3. The van der Waals surface area contributed by atoms with Crippen molar-refractivity contribution in [1.29, 1.82) is 5.26 Å². The molecule has 0 saturated heterocycles. The Morgan fingerprint density at radius 2 is 2.33 bits per heavy atom. The molecule has 0 amide bonds. The highest BCUT2D eigenvalue weighted by atomic mass is 35.5. The van der Waals surface area contributed by atoms with Gasteiger partial charge in [-0.3, -0.25) is 9.78 Å². The first-order chi connectivity index (χ1) is 8.54. The highest BCUT2D eigenvalue weighted by Gasteiger charge is 2.22. The molecule has 0 spiro atoms.